The van der Waals surface area contributed by atoms with E-state index in [1.807, 2.05) is 19.0 Å². The van der Waals surface area contributed by atoms with Gasteiger partial charge in [-0.05, 0) is 16.3 Å². The van der Waals surface area contributed by atoms with Gasteiger partial charge in [-0.3, -0.25) is 9.80 Å². The van der Waals surface area contributed by atoms with Crippen LogP contribution in [0.4, 0.5) is 11.9 Å². The van der Waals surface area contributed by atoms with Crippen LogP contribution in [0.25, 0.3) is 10.8 Å². The molecule has 0 atom stereocenters. The summed E-state index contributed by atoms with van der Waals surface area (Å²) in [7, 11) is 3.81. The van der Waals surface area contributed by atoms with Crippen molar-refractivity contribution < 1.29 is 0 Å². The van der Waals surface area contributed by atoms with Crippen molar-refractivity contribution in [1.82, 2.24) is 24.8 Å². The van der Waals surface area contributed by atoms with Gasteiger partial charge in [0.25, 0.3) is 0 Å². The molecule has 1 aromatic heterocycles. The highest BCUT2D eigenvalue weighted by molar-refractivity contribution is 5.85. The van der Waals surface area contributed by atoms with E-state index in [-0.39, 0.29) is 5.95 Å². The van der Waals surface area contributed by atoms with Gasteiger partial charge in [-0.1, -0.05) is 42.5 Å². The number of aromatic nitrogens is 3. The van der Waals surface area contributed by atoms with E-state index in [2.05, 4.69) is 67.2 Å². The summed E-state index contributed by atoms with van der Waals surface area (Å²) in [5, 5.41) is 2.66. The van der Waals surface area contributed by atoms with Gasteiger partial charge in [0.2, 0.25) is 11.9 Å². The summed E-state index contributed by atoms with van der Waals surface area (Å²) in [4.78, 5) is 19.7. The van der Waals surface area contributed by atoms with Crippen LogP contribution in [0.2, 0.25) is 0 Å². The maximum atomic E-state index is 5.84. The minimum Gasteiger partial charge on any atom is -0.368 e. The van der Waals surface area contributed by atoms with Gasteiger partial charge < -0.3 is 10.6 Å². The lowest BCUT2D eigenvalue weighted by Gasteiger charge is -2.34. The molecule has 0 radical (unpaired) electrons. The molecule has 0 unspecified atom stereocenters. The molecule has 7 nitrogen and oxygen atoms in total. The first-order valence-corrected chi connectivity index (χ1v) is 9.67. The molecular weight excluding hydrogens is 350 g/mol. The number of benzene rings is 2. The molecule has 2 N–H and O–H groups in total. The second-order valence-electron chi connectivity index (χ2n) is 7.49. The van der Waals surface area contributed by atoms with E-state index in [0.717, 1.165) is 38.5 Å². The molecule has 4 rings (SSSR count). The van der Waals surface area contributed by atoms with Crippen molar-refractivity contribution in [2.75, 3.05) is 50.9 Å². The van der Waals surface area contributed by atoms with E-state index in [1.54, 1.807) is 0 Å². The lowest BCUT2D eigenvalue weighted by atomic mass is 10.0. The highest BCUT2D eigenvalue weighted by Crippen LogP contribution is 2.20. The van der Waals surface area contributed by atoms with E-state index in [9.17, 15) is 0 Å². The molecule has 3 aromatic rings. The number of piperazine rings is 1. The Hall–Kier alpha value is -2.77. The maximum absolute atomic E-state index is 5.84. The minimum absolute atomic E-state index is 0.281. The number of nitrogens with zero attached hydrogens (tertiary/aromatic N) is 6. The molecule has 2 aromatic carbocycles. The molecular formula is C21H27N7. The second kappa shape index (κ2) is 8.08. The van der Waals surface area contributed by atoms with Crippen molar-refractivity contribution >= 4 is 22.7 Å². The summed E-state index contributed by atoms with van der Waals surface area (Å²) in [6.45, 7) is 5.74. The Morgan fingerprint density at radius 1 is 0.857 bits per heavy atom. The molecule has 0 amide bonds. The Morgan fingerprint density at radius 3 is 2.29 bits per heavy atom. The number of nitrogens with two attached hydrogens (primary N) is 1. The Labute approximate surface area is 165 Å². The molecule has 0 spiro atoms. The zero-order chi connectivity index (χ0) is 19.5. The molecule has 1 aliphatic heterocycles. The highest BCUT2D eigenvalue weighted by Gasteiger charge is 2.19. The monoisotopic (exact) mass is 377 g/mol. The first-order valence-electron chi connectivity index (χ1n) is 9.67. The van der Waals surface area contributed by atoms with Crippen molar-refractivity contribution in [3.63, 3.8) is 0 Å². The average molecular weight is 377 g/mol. The van der Waals surface area contributed by atoms with Crippen molar-refractivity contribution in [3.05, 3.63) is 53.9 Å². The molecule has 28 heavy (non-hydrogen) atoms. The van der Waals surface area contributed by atoms with E-state index < -0.39 is 0 Å². The van der Waals surface area contributed by atoms with Gasteiger partial charge in [0.05, 0.1) is 6.54 Å². The maximum Gasteiger partial charge on any atom is 0.229 e. The Kier molecular flexibility index (Phi) is 5.36. The third-order valence-corrected chi connectivity index (χ3v) is 5.19. The van der Waals surface area contributed by atoms with E-state index in [0.29, 0.717) is 12.5 Å². The van der Waals surface area contributed by atoms with E-state index in [4.69, 9.17) is 5.73 Å². The lowest BCUT2D eigenvalue weighted by Crippen LogP contribution is -2.45. The van der Waals surface area contributed by atoms with Crippen LogP contribution >= 0.6 is 0 Å². The van der Waals surface area contributed by atoms with Gasteiger partial charge in [0, 0.05) is 46.8 Å². The molecule has 7 heteroatoms. The van der Waals surface area contributed by atoms with Crippen LogP contribution in [0.15, 0.2) is 42.5 Å². The van der Waals surface area contributed by atoms with Crippen LogP contribution in [-0.4, -0.2) is 65.0 Å². The van der Waals surface area contributed by atoms with Gasteiger partial charge in [-0.15, -0.1) is 0 Å². The zero-order valence-corrected chi connectivity index (χ0v) is 16.5. The smallest absolute Gasteiger partial charge is 0.229 e. The second-order valence-corrected chi connectivity index (χ2v) is 7.49. The fourth-order valence-electron chi connectivity index (χ4n) is 3.67. The normalized spacial score (nSPS) is 15.8. The van der Waals surface area contributed by atoms with Crippen molar-refractivity contribution in [1.29, 1.82) is 0 Å². The number of fused-ring (bicyclic) bond motifs is 1. The molecule has 146 valence electrons. The average Bonchev–Trinajstić information content (AvgIpc) is 2.69. The third kappa shape index (κ3) is 4.21. The molecule has 0 saturated carbocycles. The van der Waals surface area contributed by atoms with E-state index >= 15 is 0 Å². The summed E-state index contributed by atoms with van der Waals surface area (Å²) in [6.07, 6.45) is 0. The molecule has 0 bridgehead atoms. The number of hydrogen-bond acceptors (Lipinski definition) is 7. The fraction of sp³-hybridized carbons (Fsp3) is 0.381. The highest BCUT2D eigenvalue weighted by atomic mass is 15.3. The van der Waals surface area contributed by atoms with Crippen molar-refractivity contribution in [2.45, 2.75) is 13.1 Å². The molecule has 0 aliphatic carbocycles. The standard InChI is InChI=1S/C21H27N7/c1-26(2)21-24-19(23-20(22)25-21)15-28-12-10-27(11-13-28)14-17-8-5-7-16-6-3-4-9-18(16)17/h3-9H,10-15H2,1-2H3,(H2,22,23,24,25). The summed E-state index contributed by atoms with van der Waals surface area (Å²) in [6, 6.07) is 15.2. The molecule has 2 heterocycles. The summed E-state index contributed by atoms with van der Waals surface area (Å²) in [5.41, 5.74) is 7.24. The lowest BCUT2D eigenvalue weighted by molar-refractivity contribution is 0.120. The SMILES string of the molecule is CN(C)c1nc(N)nc(CN2CCN(Cc3cccc4ccccc34)CC2)n1. The summed E-state index contributed by atoms with van der Waals surface area (Å²) >= 11 is 0. The van der Waals surface area contributed by atoms with Crippen molar-refractivity contribution in [2.24, 2.45) is 0 Å². The van der Waals surface area contributed by atoms with Gasteiger partial charge in [0.15, 0.2) is 0 Å². The number of nitrogen functional groups attached to an aromatic ring is 1. The van der Waals surface area contributed by atoms with Gasteiger partial charge in [0.1, 0.15) is 5.82 Å². The minimum atomic E-state index is 0.281. The number of rotatable bonds is 5. The summed E-state index contributed by atoms with van der Waals surface area (Å²) < 4.78 is 0. The van der Waals surface area contributed by atoms with Crippen LogP contribution in [-0.2, 0) is 13.1 Å². The quantitative estimate of drug-likeness (QED) is 0.729. The number of anilines is 2. The number of hydrogen-bond donors (Lipinski definition) is 1. The predicted molar refractivity (Wildman–Crippen MR) is 113 cm³/mol. The zero-order valence-electron chi connectivity index (χ0n) is 16.5. The first kappa shape index (κ1) is 18.6. The van der Waals surface area contributed by atoms with Gasteiger partial charge >= 0.3 is 0 Å². The van der Waals surface area contributed by atoms with Gasteiger partial charge in [-0.2, -0.15) is 15.0 Å². The van der Waals surface area contributed by atoms with Crippen LogP contribution in [0.3, 0.4) is 0 Å². The van der Waals surface area contributed by atoms with Crippen LogP contribution < -0.4 is 10.6 Å². The van der Waals surface area contributed by atoms with Crippen LogP contribution in [0.1, 0.15) is 11.4 Å². The molecule has 1 aliphatic rings. The fourth-order valence-corrected chi connectivity index (χ4v) is 3.67. The topological polar surface area (TPSA) is 74.4 Å². The van der Waals surface area contributed by atoms with Crippen LogP contribution in [0.5, 0.6) is 0 Å². The predicted octanol–water partition coefficient (Wildman–Crippen LogP) is 1.99. The van der Waals surface area contributed by atoms with Crippen LogP contribution in [0, 0.1) is 0 Å². The third-order valence-electron chi connectivity index (χ3n) is 5.19. The molecule has 1 saturated heterocycles. The summed E-state index contributed by atoms with van der Waals surface area (Å²) in [5.74, 6) is 1.62. The van der Waals surface area contributed by atoms with E-state index in [1.165, 1.54) is 16.3 Å². The molecule has 1 fully saturated rings. The van der Waals surface area contributed by atoms with Gasteiger partial charge in [-0.25, -0.2) is 0 Å². The first-order chi connectivity index (χ1) is 13.6. The Morgan fingerprint density at radius 2 is 1.54 bits per heavy atom. The van der Waals surface area contributed by atoms with Crippen molar-refractivity contribution in [3.8, 4) is 0 Å². The Balaban J connectivity index is 1.37. The Bertz CT molecular complexity index is 943. The largest absolute Gasteiger partial charge is 0.368 e.